The Balaban J connectivity index is 1.60. The molecule has 0 spiro atoms. The summed E-state index contributed by atoms with van der Waals surface area (Å²) in [6.07, 6.45) is 5.84. The molecule has 0 aromatic heterocycles. The molecule has 1 saturated heterocycles. The van der Waals surface area contributed by atoms with Crippen molar-refractivity contribution in [2.75, 3.05) is 17.7 Å². The van der Waals surface area contributed by atoms with Gasteiger partial charge in [-0.1, -0.05) is 24.3 Å². The van der Waals surface area contributed by atoms with Crippen LogP contribution in [0.1, 0.15) is 42.9 Å². The first-order chi connectivity index (χ1) is 14.9. The van der Waals surface area contributed by atoms with Gasteiger partial charge in [0, 0.05) is 48.0 Å². The second-order valence-corrected chi connectivity index (χ2v) is 8.72. The van der Waals surface area contributed by atoms with Crippen LogP contribution in [0.5, 0.6) is 0 Å². The third-order valence-corrected chi connectivity index (χ3v) is 6.53. The molecule has 1 aliphatic carbocycles. The Labute approximate surface area is 184 Å². The molecule has 8 heteroatoms. The van der Waals surface area contributed by atoms with Gasteiger partial charge in [0.15, 0.2) is 0 Å². The monoisotopic (exact) mass is 454 g/mol. The van der Waals surface area contributed by atoms with Gasteiger partial charge in [0.25, 0.3) is 0 Å². The highest BCUT2D eigenvalue weighted by Gasteiger charge is 2.45. The fraction of sp³-hybridized carbons (Fsp3) is 0.522. The van der Waals surface area contributed by atoms with Crippen LogP contribution in [0.15, 0.2) is 42.5 Å². The van der Waals surface area contributed by atoms with Crippen LogP contribution in [0, 0.1) is 11.8 Å². The number of carbonyl (C=O) groups excluding carboxylic acids is 1. The average molecular weight is 455 g/mol. The SMILES string of the molecule is O=C(CCCl)NC[C@H]1CC[C@@H]2[C@H](O1)c1cc(C(F)(F)F)ccc1N[C@H]2C1C=CC=CC1. The van der Waals surface area contributed by atoms with Crippen LogP contribution in [0.25, 0.3) is 0 Å². The summed E-state index contributed by atoms with van der Waals surface area (Å²) in [6.45, 7) is 0.331. The Morgan fingerprint density at radius 3 is 2.81 bits per heavy atom. The number of benzene rings is 1. The van der Waals surface area contributed by atoms with Crippen molar-refractivity contribution in [3.05, 3.63) is 53.6 Å². The summed E-state index contributed by atoms with van der Waals surface area (Å²) in [5.74, 6) is 0.387. The number of nitrogens with one attached hydrogen (secondary N) is 2. The Bertz CT molecular complexity index is 871. The molecule has 0 radical (unpaired) electrons. The Morgan fingerprint density at radius 1 is 1.26 bits per heavy atom. The fourth-order valence-electron chi connectivity index (χ4n) is 4.81. The van der Waals surface area contributed by atoms with Crippen molar-refractivity contribution >= 4 is 23.2 Å². The number of allylic oxidation sites excluding steroid dienone is 3. The molecular formula is C23H26ClF3N2O2. The predicted molar refractivity (Wildman–Crippen MR) is 114 cm³/mol. The highest BCUT2D eigenvalue weighted by molar-refractivity contribution is 6.18. The normalized spacial score (nSPS) is 29.6. The number of rotatable bonds is 5. The van der Waals surface area contributed by atoms with E-state index in [0.29, 0.717) is 17.8 Å². The number of amides is 1. The van der Waals surface area contributed by atoms with Gasteiger partial charge in [-0.15, -0.1) is 11.6 Å². The number of ether oxygens (including phenoxy) is 1. The van der Waals surface area contributed by atoms with Crippen LogP contribution in [0.3, 0.4) is 0 Å². The first-order valence-electron chi connectivity index (χ1n) is 10.7. The maximum atomic E-state index is 13.4. The molecule has 1 aromatic carbocycles. The molecule has 4 nitrogen and oxygen atoms in total. The predicted octanol–water partition coefficient (Wildman–Crippen LogP) is 5.21. The molecule has 1 amide bonds. The summed E-state index contributed by atoms with van der Waals surface area (Å²) < 4.78 is 46.5. The maximum absolute atomic E-state index is 13.4. The third kappa shape index (κ3) is 4.93. The Morgan fingerprint density at radius 2 is 2.10 bits per heavy atom. The lowest BCUT2D eigenvalue weighted by Gasteiger charge is -2.47. The molecule has 2 heterocycles. The second kappa shape index (κ2) is 9.25. The molecule has 2 N–H and O–H groups in total. The summed E-state index contributed by atoms with van der Waals surface area (Å²) in [6, 6.07) is 3.91. The number of hydrogen-bond donors (Lipinski definition) is 2. The van der Waals surface area contributed by atoms with Gasteiger partial charge in [-0.2, -0.15) is 13.2 Å². The van der Waals surface area contributed by atoms with Crippen LogP contribution in [-0.2, 0) is 15.7 Å². The lowest BCUT2D eigenvalue weighted by atomic mass is 9.73. The van der Waals surface area contributed by atoms with Gasteiger partial charge < -0.3 is 15.4 Å². The molecule has 1 fully saturated rings. The van der Waals surface area contributed by atoms with Gasteiger partial charge in [0.2, 0.25) is 5.91 Å². The summed E-state index contributed by atoms with van der Waals surface area (Å²) in [7, 11) is 0. The molecule has 0 bridgehead atoms. The number of alkyl halides is 4. The fourth-order valence-corrected chi connectivity index (χ4v) is 4.98. The van der Waals surface area contributed by atoms with Gasteiger partial charge in [0.1, 0.15) is 0 Å². The summed E-state index contributed by atoms with van der Waals surface area (Å²) in [5.41, 5.74) is 0.559. The largest absolute Gasteiger partial charge is 0.416 e. The van der Waals surface area contributed by atoms with E-state index in [4.69, 9.17) is 16.3 Å². The molecule has 4 rings (SSSR count). The highest BCUT2D eigenvalue weighted by atomic mass is 35.5. The summed E-state index contributed by atoms with van der Waals surface area (Å²) in [4.78, 5) is 11.8. The van der Waals surface area contributed by atoms with E-state index in [0.717, 1.165) is 25.3 Å². The van der Waals surface area contributed by atoms with Crippen molar-refractivity contribution in [1.29, 1.82) is 0 Å². The third-order valence-electron chi connectivity index (χ3n) is 6.34. The van der Waals surface area contributed by atoms with E-state index >= 15 is 0 Å². The van der Waals surface area contributed by atoms with Crippen LogP contribution >= 0.6 is 11.6 Å². The molecule has 168 valence electrons. The van der Waals surface area contributed by atoms with Crippen molar-refractivity contribution < 1.29 is 22.7 Å². The number of halogens is 4. The first-order valence-corrected chi connectivity index (χ1v) is 11.2. The van der Waals surface area contributed by atoms with Gasteiger partial charge in [-0.05, 0) is 37.5 Å². The number of fused-ring (bicyclic) bond motifs is 3. The van der Waals surface area contributed by atoms with Crippen molar-refractivity contribution in [2.45, 2.75) is 50.1 Å². The van der Waals surface area contributed by atoms with E-state index in [1.54, 1.807) is 0 Å². The molecule has 0 saturated carbocycles. The number of anilines is 1. The van der Waals surface area contributed by atoms with Gasteiger partial charge in [-0.3, -0.25) is 4.79 Å². The smallest absolute Gasteiger partial charge is 0.381 e. The topological polar surface area (TPSA) is 50.4 Å². The highest BCUT2D eigenvalue weighted by Crippen LogP contribution is 2.49. The first kappa shape index (κ1) is 22.2. The minimum absolute atomic E-state index is 0.0481. The maximum Gasteiger partial charge on any atom is 0.416 e. The van der Waals surface area contributed by atoms with Crippen LogP contribution in [0.4, 0.5) is 18.9 Å². The average Bonchev–Trinajstić information content (AvgIpc) is 2.77. The molecule has 5 atom stereocenters. The van der Waals surface area contributed by atoms with Gasteiger partial charge in [0.05, 0.1) is 17.8 Å². The molecule has 1 aromatic rings. The minimum Gasteiger partial charge on any atom is -0.381 e. The zero-order valence-electron chi connectivity index (χ0n) is 17.0. The molecule has 31 heavy (non-hydrogen) atoms. The van der Waals surface area contributed by atoms with E-state index < -0.39 is 17.8 Å². The number of hydrogen-bond acceptors (Lipinski definition) is 3. The zero-order valence-corrected chi connectivity index (χ0v) is 17.8. The minimum atomic E-state index is -4.41. The molecule has 2 aliphatic heterocycles. The van der Waals surface area contributed by atoms with Crippen molar-refractivity contribution in [1.82, 2.24) is 5.32 Å². The Hall–Kier alpha value is -1.99. The summed E-state index contributed by atoms with van der Waals surface area (Å²) >= 11 is 5.61. The van der Waals surface area contributed by atoms with Crippen molar-refractivity contribution in [3.63, 3.8) is 0 Å². The molecular weight excluding hydrogens is 429 g/mol. The van der Waals surface area contributed by atoms with Gasteiger partial charge in [-0.25, -0.2) is 0 Å². The standard InChI is InChI=1S/C23H26ClF3N2O2/c24-11-10-20(30)28-13-16-7-8-17-21(14-4-2-1-3-5-14)29-19-9-6-15(23(25,26)27)12-18(19)22(17)31-16/h1-4,6,9,12,14,16-17,21-22,29H,5,7-8,10-11,13H2,(H,28,30)/t14?,16-,17+,21+,22+/m1/s1. The van der Waals surface area contributed by atoms with Gasteiger partial charge >= 0.3 is 6.18 Å². The lowest BCUT2D eigenvalue weighted by molar-refractivity contribution is -0.138. The van der Waals surface area contributed by atoms with E-state index in [2.05, 4.69) is 22.8 Å². The zero-order chi connectivity index (χ0) is 22.0. The Kier molecular flexibility index (Phi) is 6.63. The van der Waals surface area contributed by atoms with E-state index in [1.165, 1.54) is 12.1 Å². The van der Waals surface area contributed by atoms with Crippen LogP contribution < -0.4 is 10.6 Å². The molecule has 3 aliphatic rings. The number of carbonyl (C=O) groups is 1. The van der Waals surface area contributed by atoms with E-state index in [-0.39, 0.29) is 42.2 Å². The summed E-state index contributed by atoms with van der Waals surface area (Å²) in [5, 5.41) is 6.33. The second-order valence-electron chi connectivity index (χ2n) is 8.35. The van der Waals surface area contributed by atoms with Crippen molar-refractivity contribution in [2.24, 2.45) is 11.8 Å². The molecule has 1 unspecified atom stereocenters. The lowest BCUT2D eigenvalue weighted by Crippen LogP contribution is -2.48. The van der Waals surface area contributed by atoms with E-state index in [1.807, 2.05) is 12.2 Å². The van der Waals surface area contributed by atoms with Crippen LogP contribution in [0.2, 0.25) is 0 Å². The van der Waals surface area contributed by atoms with E-state index in [9.17, 15) is 18.0 Å². The van der Waals surface area contributed by atoms with Crippen LogP contribution in [-0.4, -0.2) is 30.5 Å². The van der Waals surface area contributed by atoms with Crippen molar-refractivity contribution in [3.8, 4) is 0 Å². The quantitative estimate of drug-likeness (QED) is 0.600.